The summed E-state index contributed by atoms with van der Waals surface area (Å²) in [7, 11) is 1.72. The van der Waals surface area contributed by atoms with Crippen molar-refractivity contribution in [1.29, 1.82) is 0 Å². The topological polar surface area (TPSA) is 81.9 Å². The molecule has 1 aromatic carbocycles. The molecule has 7 heteroatoms. The molecular weight excluding hydrogens is 306 g/mol. The van der Waals surface area contributed by atoms with E-state index in [1.165, 1.54) is 30.5 Å². The van der Waals surface area contributed by atoms with Crippen LogP contribution in [0.4, 0.5) is 0 Å². The molecule has 0 radical (unpaired) electrons. The maximum absolute atomic E-state index is 12.0. The van der Waals surface area contributed by atoms with Gasteiger partial charge in [0, 0.05) is 11.6 Å². The third-order valence-electron chi connectivity index (χ3n) is 4.21. The van der Waals surface area contributed by atoms with Crippen molar-refractivity contribution in [2.75, 3.05) is 6.61 Å². The summed E-state index contributed by atoms with van der Waals surface area (Å²) in [5.74, 6) is 1.16. The van der Waals surface area contributed by atoms with Crippen molar-refractivity contribution in [2.45, 2.75) is 44.6 Å². The molecule has 128 valence electrons. The molecule has 3 rings (SSSR count). The Balaban J connectivity index is 1.48. The van der Waals surface area contributed by atoms with Crippen molar-refractivity contribution in [1.82, 2.24) is 25.5 Å². The SMILES string of the molecule is Cn1nnc(-c2ccc(OCC(=O)NC3CCCCCC3)cc2)n1. The number of nitrogens with one attached hydrogen (secondary N) is 1. The third-order valence-corrected chi connectivity index (χ3v) is 4.21. The smallest absolute Gasteiger partial charge is 0.258 e. The van der Waals surface area contributed by atoms with E-state index in [1.807, 2.05) is 24.3 Å². The van der Waals surface area contributed by atoms with Crippen molar-refractivity contribution in [3.8, 4) is 17.1 Å². The fraction of sp³-hybridized carbons (Fsp3) is 0.529. The number of carbonyl (C=O) groups is 1. The van der Waals surface area contributed by atoms with Crippen LogP contribution >= 0.6 is 0 Å². The van der Waals surface area contributed by atoms with Crippen LogP contribution in [0.5, 0.6) is 5.75 Å². The summed E-state index contributed by atoms with van der Waals surface area (Å²) in [4.78, 5) is 13.4. The normalized spacial score (nSPS) is 15.7. The number of aryl methyl sites for hydroxylation is 1. The molecule has 1 heterocycles. The fourth-order valence-electron chi connectivity index (χ4n) is 2.94. The molecule has 1 N–H and O–H groups in total. The first-order valence-corrected chi connectivity index (χ1v) is 8.47. The monoisotopic (exact) mass is 329 g/mol. The number of aromatic nitrogens is 4. The largest absolute Gasteiger partial charge is 0.484 e. The Morgan fingerprint density at radius 3 is 2.54 bits per heavy atom. The third kappa shape index (κ3) is 4.53. The van der Waals surface area contributed by atoms with E-state index in [0.717, 1.165) is 18.4 Å². The fourth-order valence-corrected chi connectivity index (χ4v) is 2.94. The van der Waals surface area contributed by atoms with E-state index in [1.54, 1.807) is 7.05 Å². The van der Waals surface area contributed by atoms with Gasteiger partial charge in [-0.05, 0) is 42.3 Å². The van der Waals surface area contributed by atoms with E-state index in [0.29, 0.717) is 17.6 Å². The molecule has 7 nitrogen and oxygen atoms in total. The number of carbonyl (C=O) groups excluding carboxylic acids is 1. The number of rotatable bonds is 5. The molecule has 0 spiro atoms. The molecule has 1 aromatic heterocycles. The Bertz CT molecular complexity index is 660. The summed E-state index contributed by atoms with van der Waals surface area (Å²) in [5.41, 5.74) is 0.860. The van der Waals surface area contributed by atoms with Crippen molar-refractivity contribution >= 4 is 5.91 Å². The Morgan fingerprint density at radius 2 is 1.92 bits per heavy atom. The summed E-state index contributed by atoms with van der Waals surface area (Å²) < 4.78 is 5.56. The minimum absolute atomic E-state index is 0.0409. The van der Waals surface area contributed by atoms with E-state index in [9.17, 15) is 4.79 Å². The van der Waals surface area contributed by atoms with Crippen LogP contribution in [0.1, 0.15) is 38.5 Å². The maximum atomic E-state index is 12.0. The first kappa shape index (κ1) is 16.4. The van der Waals surface area contributed by atoms with Crippen molar-refractivity contribution in [2.24, 2.45) is 7.05 Å². The van der Waals surface area contributed by atoms with Gasteiger partial charge in [-0.15, -0.1) is 10.2 Å². The number of hydrogen-bond donors (Lipinski definition) is 1. The van der Waals surface area contributed by atoms with E-state index in [4.69, 9.17) is 4.74 Å². The molecule has 0 saturated heterocycles. The number of ether oxygens (including phenoxy) is 1. The molecule has 1 saturated carbocycles. The molecule has 0 atom stereocenters. The molecule has 24 heavy (non-hydrogen) atoms. The van der Waals surface area contributed by atoms with Gasteiger partial charge in [-0.2, -0.15) is 4.80 Å². The summed E-state index contributed by atoms with van der Waals surface area (Å²) in [5, 5.41) is 15.0. The molecule has 1 aliphatic rings. The van der Waals surface area contributed by atoms with Crippen molar-refractivity contribution in [3.05, 3.63) is 24.3 Å². The molecule has 1 amide bonds. The van der Waals surface area contributed by atoms with Crippen LogP contribution < -0.4 is 10.1 Å². The lowest BCUT2D eigenvalue weighted by Gasteiger charge is -2.16. The number of amides is 1. The second-order valence-corrected chi connectivity index (χ2v) is 6.17. The standard InChI is InChI=1S/C17H23N5O2/c1-22-20-17(19-21-22)13-8-10-15(11-9-13)24-12-16(23)18-14-6-4-2-3-5-7-14/h8-11,14H,2-7,12H2,1H3,(H,18,23). The lowest BCUT2D eigenvalue weighted by Crippen LogP contribution is -2.37. The van der Waals surface area contributed by atoms with Gasteiger partial charge >= 0.3 is 0 Å². The zero-order valence-corrected chi connectivity index (χ0v) is 13.9. The van der Waals surface area contributed by atoms with Gasteiger partial charge in [0.1, 0.15) is 5.75 Å². The van der Waals surface area contributed by atoms with Gasteiger partial charge in [0.15, 0.2) is 6.61 Å². The maximum Gasteiger partial charge on any atom is 0.258 e. The van der Waals surface area contributed by atoms with Gasteiger partial charge in [-0.3, -0.25) is 4.79 Å². The Kier molecular flexibility index (Phi) is 5.40. The molecule has 0 aliphatic heterocycles. The highest BCUT2D eigenvalue weighted by atomic mass is 16.5. The Morgan fingerprint density at radius 1 is 1.21 bits per heavy atom. The number of nitrogens with zero attached hydrogens (tertiary/aromatic N) is 4. The predicted octanol–water partition coefficient (Wildman–Crippen LogP) is 2.09. The lowest BCUT2D eigenvalue weighted by atomic mass is 10.1. The van der Waals surface area contributed by atoms with Gasteiger partial charge in [-0.25, -0.2) is 0 Å². The molecule has 0 bridgehead atoms. The van der Waals surface area contributed by atoms with E-state index < -0.39 is 0 Å². The lowest BCUT2D eigenvalue weighted by molar-refractivity contribution is -0.123. The first-order chi connectivity index (χ1) is 11.7. The minimum Gasteiger partial charge on any atom is -0.484 e. The average Bonchev–Trinajstić information content (AvgIpc) is 2.86. The number of hydrogen-bond acceptors (Lipinski definition) is 5. The van der Waals surface area contributed by atoms with Gasteiger partial charge in [-0.1, -0.05) is 25.7 Å². The molecule has 1 fully saturated rings. The zero-order chi connectivity index (χ0) is 16.8. The van der Waals surface area contributed by atoms with Crippen molar-refractivity contribution in [3.63, 3.8) is 0 Å². The number of tetrazole rings is 1. The van der Waals surface area contributed by atoms with E-state index in [2.05, 4.69) is 20.7 Å². The van der Waals surface area contributed by atoms with Crippen LogP contribution in [0.15, 0.2) is 24.3 Å². The van der Waals surface area contributed by atoms with Crippen LogP contribution in [0.25, 0.3) is 11.4 Å². The highest BCUT2D eigenvalue weighted by Crippen LogP contribution is 2.19. The van der Waals surface area contributed by atoms with Gasteiger partial charge in [0.05, 0.1) is 7.05 Å². The molecule has 1 aliphatic carbocycles. The molecular formula is C17H23N5O2. The van der Waals surface area contributed by atoms with Crippen molar-refractivity contribution < 1.29 is 9.53 Å². The second-order valence-electron chi connectivity index (χ2n) is 6.17. The molecule has 0 unspecified atom stereocenters. The van der Waals surface area contributed by atoms with E-state index >= 15 is 0 Å². The van der Waals surface area contributed by atoms with Crippen LogP contribution in [-0.4, -0.2) is 38.8 Å². The van der Waals surface area contributed by atoms with E-state index in [-0.39, 0.29) is 12.5 Å². The minimum atomic E-state index is -0.0541. The highest BCUT2D eigenvalue weighted by molar-refractivity contribution is 5.77. The van der Waals surface area contributed by atoms with Crippen LogP contribution in [-0.2, 0) is 11.8 Å². The summed E-state index contributed by atoms with van der Waals surface area (Å²) >= 11 is 0. The van der Waals surface area contributed by atoms with Gasteiger partial charge in [0.25, 0.3) is 5.91 Å². The Hall–Kier alpha value is -2.44. The first-order valence-electron chi connectivity index (χ1n) is 8.47. The zero-order valence-electron chi connectivity index (χ0n) is 13.9. The highest BCUT2D eigenvalue weighted by Gasteiger charge is 2.15. The Labute approximate surface area is 141 Å². The number of benzene rings is 1. The summed E-state index contributed by atoms with van der Waals surface area (Å²) in [6.07, 6.45) is 7.09. The van der Waals surface area contributed by atoms with Crippen LogP contribution in [0.3, 0.4) is 0 Å². The van der Waals surface area contributed by atoms with Gasteiger partial charge < -0.3 is 10.1 Å². The second kappa shape index (κ2) is 7.90. The predicted molar refractivity (Wildman–Crippen MR) is 89.4 cm³/mol. The average molecular weight is 329 g/mol. The van der Waals surface area contributed by atoms with Crippen LogP contribution in [0.2, 0.25) is 0 Å². The quantitative estimate of drug-likeness (QED) is 0.850. The summed E-state index contributed by atoms with van der Waals surface area (Å²) in [6, 6.07) is 7.63. The van der Waals surface area contributed by atoms with Crippen LogP contribution in [0, 0.1) is 0 Å². The van der Waals surface area contributed by atoms with Gasteiger partial charge in [0.2, 0.25) is 5.82 Å². The molecule has 2 aromatic rings. The summed E-state index contributed by atoms with van der Waals surface area (Å²) in [6.45, 7) is 0.0409.